The van der Waals surface area contributed by atoms with Gasteiger partial charge in [0, 0.05) is 31.5 Å². The molecule has 8 nitrogen and oxygen atoms in total. The van der Waals surface area contributed by atoms with Crippen LogP contribution in [0.15, 0.2) is 30.7 Å². The number of halogens is 2. The van der Waals surface area contributed by atoms with Crippen molar-refractivity contribution >= 4 is 22.5 Å². The number of nitrogens with zero attached hydrogens (tertiary/aromatic N) is 6. The highest BCUT2D eigenvalue weighted by Crippen LogP contribution is 2.26. The van der Waals surface area contributed by atoms with Gasteiger partial charge in [-0.15, -0.1) is 0 Å². The number of aromatic nitrogens is 5. The maximum atomic E-state index is 13.0. The average Bonchev–Trinajstić information content (AvgIpc) is 3.10. The van der Waals surface area contributed by atoms with E-state index in [9.17, 15) is 13.0 Å². The zero-order valence-electron chi connectivity index (χ0n) is 16.0. The zero-order chi connectivity index (χ0) is 20.5. The van der Waals surface area contributed by atoms with Gasteiger partial charge in [0.25, 0.3) is 6.43 Å². The topological polar surface area (TPSA) is 88.3 Å². The van der Waals surface area contributed by atoms with Gasteiger partial charge in [-0.25, -0.2) is 37.2 Å². The molecule has 1 fully saturated rings. The van der Waals surface area contributed by atoms with Gasteiger partial charge in [-0.2, -0.15) is 5.10 Å². The summed E-state index contributed by atoms with van der Waals surface area (Å²) in [5.41, 5.74) is 1.20. The molecule has 4 heterocycles. The van der Waals surface area contributed by atoms with Crippen LogP contribution in [0.5, 0.6) is 0 Å². The second-order valence-electron chi connectivity index (χ2n) is 7.25. The predicted octanol–water partition coefficient (Wildman–Crippen LogP) is 2.22. The highest BCUT2D eigenvalue weighted by atomic mass is 32.2. The molecule has 11 heteroatoms. The molecule has 3 atom stereocenters. The normalized spacial score (nSPS) is 21.1. The van der Waals surface area contributed by atoms with Crippen LogP contribution in [0.2, 0.25) is 0 Å². The fourth-order valence-corrected chi connectivity index (χ4v) is 4.34. The van der Waals surface area contributed by atoms with E-state index in [1.807, 2.05) is 0 Å². The summed E-state index contributed by atoms with van der Waals surface area (Å²) < 4.78 is 42.1. The van der Waals surface area contributed by atoms with Crippen LogP contribution in [0.4, 0.5) is 14.6 Å². The van der Waals surface area contributed by atoms with Crippen LogP contribution in [-0.2, 0) is 11.0 Å². The lowest BCUT2D eigenvalue weighted by Crippen LogP contribution is -2.49. The summed E-state index contributed by atoms with van der Waals surface area (Å²) in [5.74, 6) is 1.12. The summed E-state index contributed by atoms with van der Waals surface area (Å²) >= 11 is 0. The number of fused-ring (bicyclic) bond motifs is 1. The van der Waals surface area contributed by atoms with Crippen molar-refractivity contribution in [2.75, 3.05) is 24.2 Å². The molecule has 1 aliphatic heterocycles. The van der Waals surface area contributed by atoms with E-state index in [0.717, 1.165) is 18.8 Å². The number of alkyl halides is 2. The molecule has 0 spiro atoms. The molecule has 3 aromatic heterocycles. The molecule has 0 aliphatic carbocycles. The lowest BCUT2D eigenvalue weighted by atomic mass is 9.96. The van der Waals surface area contributed by atoms with Crippen LogP contribution < -0.4 is 9.62 Å². The summed E-state index contributed by atoms with van der Waals surface area (Å²) in [6.07, 6.45) is 2.90. The van der Waals surface area contributed by atoms with E-state index in [4.69, 9.17) is 0 Å². The fourth-order valence-electron chi connectivity index (χ4n) is 3.70. The summed E-state index contributed by atoms with van der Waals surface area (Å²) in [6.45, 7) is 3.62. The molecular formula is C18H21F2N7OS. The van der Waals surface area contributed by atoms with Gasteiger partial charge in [-0.3, -0.25) is 0 Å². The largest absolute Gasteiger partial charge is 0.355 e. The molecule has 0 bridgehead atoms. The Morgan fingerprint density at radius 3 is 2.83 bits per heavy atom. The molecule has 0 saturated carbocycles. The van der Waals surface area contributed by atoms with Crippen LogP contribution in [-0.4, -0.2) is 54.2 Å². The minimum atomic E-state index is -2.67. The molecule has 1 saturated heterocycles. The maximum absolute atomic E-state index is 13.0. The molecule has 154 valence electrons. The number of imidazole rings is 1. The van der Waals surface area contributed by atoms with Gasteiger partial charge < -0.3 is 4.90 Å². The van der Waals surface area contributed by atoms with E-state index in [0.29, 0.717) is 29.5 Å². The third-order valence-corrected chi connectivity index (χ3v) is 5.50. The van der Waals surface area contributed by atoms with Crippen molar-refractivity contribution < 1.29 is 13.0 Å². The number of hydrogen-bond donors (Lipinski definition) is 1. The van der Waals surface area contributed by atoms with E-state index in [1.54, 1.807) is 18.5 Å². The van der Waals surface area contributed by atoms with Gasteiger partial charge in [-0.05, 0) is 24.5 Å². The highest BCUT2D eigenvalue weighted by molar-refractivity contribution is 7.82. The Morgan fingerprint density at radius 2 is 2.07 bits per heavy atom. The third kappa shape index (κ3) is 4.25. The first kappa shape index (κ1) is 19.8. The first-order chi connectivity index (χ1) is 13.9. The van der Waals surface area contributed by atoms with Gasteiger partial charge in [0.1, 0.15) is 23.5 Å². The molecule has 3 aromatic rings. The lowest BCUT2D eigenvalue weighted by Gasteiger charge is -2.37. The quantitative estimate of drug-likeness (QED) is 0.680. The van der Waals surface area contributed by atoms with Crippen LogP contribution in [0.3, 0.4) is 0 Å². The maximum Gasteiger partial charge on any atom is 0.282 e. The van der Waals surface area contributed by atoms with Crippen molar-refractivity contribution in [2.45, 2.75) is 25.8 Å². The van der Waals surface area contributed by atoms with Crippen molar-refractivity contribution in [3.8, 4) is 11.4 Å². The zero-order valence-corrected chi connectivity index (χ0v) is 16.8. The Kier molecular flexibility index (Phi) is 5.50. The van der Waals surface area contributed by atoms with Gasteiger partial charge in [0.15, 0.2) is 5.65 Å². The number of rotatable bonds is 5. The third-order valence-electron chi connectivity index (χ3n) is 4.84. The Balaban J connectivity index is 1.66. The smallest absolute Gasteiger partial charge is 0.282 e. The summed E-state index contributed by atoms with van der Waals surface area (Å²) in [7, 11) is -1.09. The van der Waals surface area contributed by atoms with Crippen LogP contribution >= 0.6 is 0 Å². The van der Waals surface area contributed by atoms with E-state index in [2.05, 4.69) is 36.6 Å². The second-order valence-corrected chi connectivity index (χ2v) is 8.39. The first-order valence-corrected chi connectivity index (χ1v) is 10.8. The second kappa shape index (κ2) is 8.07. The minimum Gasteiger partial charge on any atom is -0.355 e. The van der Waals surface area contributed by atoms with E-state index < -0.39 is 17.4 Å². The molecule has 0 aromatic carbocycles. The van der Waals surface area contributed by atoms with Gasteiger partial charge in [0.05, 0.1) is 22.9 Å². The Hall–Kier alpha value is -2.53. The number of hydrogen-bond acceptors (Lipinski definition) is 6. The van der Waals surface area contributed by atoms with Crippen molar-refractivity contribution in [3.63, 3.8) is 0 Å². The molecule has 29 heavy (non-hydrogen) atoms. The number of anilines is 1. The standard InChI is InChI=1S/C18H21F2N7OS/c1-11-5-12(25-29(2)28)9-26(8-11)17-6-14(22-10-23-17)15-7-21-16-4-3-13(18(19)20)24-27(15)16/h3-4,6-7,10-12,18,25H,5,8-9H2,1-2H3. The van der Waals surface area contributed by atoms with Crippen molar-refractivity contribution in [1.82, 2.24) is 29.3 Å². The van der Waals surface area contributed by atoms with Crippen LogP contribution in [0, 0.1) is 5.92 Å². The molecular weight excluding hydrogens is 400 g/mol. The Labute approximate surface area is 169 Å². The van der Waals surface area contributed by atoms with Gasteiger partial charge >= 0.3 is 0 Å². The van der Waals surface area contributed by atoms with Crippen molar-refractivity contribution in [1.29, 1.82) is 0 Å². The predicted molar refractivity (Wildman–Crippen MR) is 106 cm³/mol. The monoisotopic (exact) mass is 421 g/mol. The van der Waals surface area contributed by atoms with E-state index in [-0.39, 0.29) is 11.7 Å². The molecule has 1 aliphatic rings. The highest BCUT2D eigenvalue weighted by Gasteiger charge is 2.26. The number of nitrogens with one attached hydrogen (secondary N) is 1. The summed E-state index contributed by atoms with van der Waals surface area (Å²) in [6, 6.07) is 4.67. The Morgan fingerprint density at radius 1 is 1.24 bits per heavy atom. The Bertz CT molecular complexity index is 1040. The molecule has 4 rings (SSSR count). The van der Waals surface area contributed by atoms with E-state index >= 15 is 0 Å². The SMILES string of the molecule is CC1CC(NS(C)=O)CN(c2cc(-c3cnc4ccc(C(F)F)nn34)ncn2)C1. The summed E-state index contributed by atoms with van der Waals surface area (Å²) in [5, 5.41) is 4.00. The molecule has 0 amide bonds. The first-order valence-electron chi connectivity index (χ1n) is 9.20. The minimum absolute atomic E-state index is 0.0917. The molecule has 1 N–H and O–H groups in total. The molecule has 0 radical (unpaired) electrons. The van der Waals surface area contributed by atoms with Crippen LogP contribution in [0.25, 0.3) is 17.0 Å². The summed E-state index contributed by atoms with van der Waals surface area (Å²) in [4.78, 5) is 15.0. The van der Waals surface area contributed by atoms with Crippen LogP contribution in [0.1, 0.15) is 25.5 Å². The number of piperidine rings is 1. The van der Waals surface area contributed by atoms with E-state index in [1.165, 1.54) is 23.0 Å². The lowest BCUT2D eigenvalue weighted by molar-refractivity contribution is 0.144. The average molecular weight is 421 g/mol. The fraction of sp³-hybridized carbons (Fsp3) is 0.444. The van der Waals surface area contributed by atoms with Crippen molar-refractivity contribution in [3.05, 3.63) is 36.4 Å². The molecule has 3 unspecified atom stereocenters. The van der Waals surface area contributed by atoms with Gasteiger partial charge in [-0.1, -0.05) is 6.92 Å². The van der Waals surface area contributed by atoms with Gasteiger partial charge in [0.2, 0.25) is 0 Å². The van der Waals surface area contributed by atoms with Crippen molar-refractivity contribution in [2.24, 2.45) is 5.92 Å².